The maximum absolute atomic E-state index is 11.9. The zero-order valence-corrected chi connectivity index (χ0v) is 9.11. The highest BCUT2D eigenvalue weighted by molar-refractivity contribution is 5.79. The molecular formula is C9H17F3N2O. The number of hydrogen-bond acceptors (Lipinski definition) is 2. The Morgan fingerprint density at radius 1 is 1.33 bits per heavy atom. The molecule has 15 heavy (non-hydrogen) atoms. The molecule has 0 aliphatic heterocycles. The molecule has 1 atom stereocenters. The fourth-order valence-corrected chi connectivity index (χ4v) is 1.12. The first-order valence-electron chi connectivity index (χ1n) is 4.61. The van der Waals surface area contributed by atoms with Gasteiger partial charge in [0.1, 0.15) is 0 Å². The lowest BCUT2D eigenvalue weighted by Crippen LogP contribution is -2.46. The number of halogens is 3. The van der Waals surface area contributed by atoms with Crippen molar-refractivity contribution >= 4 is 5.91 Å². The first-order valence-corrected chi connectivity index (χ1v) is 4.61. The van der Waals surface area contributed by atoms with E-state index in [2.05, 4.69) is 5.32 Å². The maximum Gasteiger partial charge on any atom is 0.401 e. The molecule has 0 radical (unpaired) electrons. The Labute approximate surface area is 87.2 Å². The van der Waals surface area contributed by atoms with E-state index >= 15 is 0 Å². The van der Waals surface area contributed by atoms with Gasteiger partial charge in [-0.1, -0.05) is 20.8 Å². The molecular weight excluding hydrogens is 209 g/mol. The monoisotopic (exact) mass is 226 g/mol. The van der Waals surface area contributed by atoms with Crippen LogP contribution in [0.4, 0.5) is 13.2 Å². The molecule has 1 unspecified atom stereocenters. The number of hydrogen-bond donors (Lipinski definition) is 2. The zero-order chi connectivity index (χ0) is 12.3. The number of rotatable bonds is 4. The summed E-state index contributed by atoms with van der Waals surface area (Å²) < 4.78 is 35.7. The molecule has 0 fully saturated rings. The standard InChI is InChI=1S/C9H17F3N2O/c1-8(2,3)4-6(7(13)15)14-5-9(10,11)12/h6,14H,4-5H2,1-3H3,(H2,13,15). The van der Waals surface area contributed by atoms with E-state index in [4.69, 9.17) is 5.73 Å². The number of carbonyl (C=O) groups is 1. The van der Waals surface area contributed by atoms with Crippen molar-refractivity contribution in [1.29, 1.82) is 0 Å². The Balaban J connectivity index is 4.25. The van der Waals surface area contributed by atoms with Gasteiger partial charge in [0.2, 0.25) is 5.91 Å². The van der Waals surface area contributed by atoms with E-state index in [-0.39, 0.29) is 11.8 Å². The van der Waals surface area contributed by atoms with E-state index < -0.39 is 24.7 Å². The number of carbonyl (C=O) groups excluding carboxylic acids is 1. The number of primary amides is 1. The van der Waals surface area contributed by atoms with E-state index in [9.17, 15) is 18.0 Å². The van der Waals surface area contributed by atoms with Crippen LogP contribution in [-0.4, -0.2) is 24.7 Å². The largest absolute Gasteiger partial charge is 0.401 e. The topological polar surface area (TPSA) is 55.1 Å². The van der Waals surface area contributed by atoms with Crippen LogP contribution in [0.3, 0.4) is 0 Å². The average molecular weight is 226 g/mol. The van der Waals surface area contributed by atoms with Crippen LogP contribution in [0.25, 0.3) is 0 Å². The van der Waals surface area contributed by atoms with Gasteiger partial charge in [-0.05, 0) is 11.8 Å². The van der Waals surface area contributed by atoms with Crippen LogP contribution >= 0.6 is 0 Å². The zero-order valence-electron chi connectivity index (χ0n) is 9.11. The molecule has 6 heteroatoms. The third-order valence-corrected chi connectivity index (χ3v) is 1.71. The molecule has 0 saturated heterocycles. The lowest BCUT2D eigenvalue weighted by atomic mass is 9.88. The number of amides is 1. The summed E-state index contributed by atoms with van der Waals surface area (Å²) in [6.45, 7) is 4.30. The van der Waals surface area contributed by atoms with E-state index in [0.29, 0.717) is 0 Å². The van der Waals surface area contributed by atoms with E-state index in [0.717, 1.165) is 0 Å². The maximum atomic E-state index is 11.9. The molecule has 0 rings (SSSR count). The van der Waals surface area contributed by atoms with Crippen LogP contribution in [0.2, 0.25) is 0 Å². The highest BCUT2D eigenvalue weighted by Gasteiger charge is 2.30. The molecule has 0 saturated carbocycles. The Morgan fingerprint density at radius 2 is 1.80 bits per heavy atom. The Morgan fingerprint density at radius 3 is 2.07 bits per heavy atom. The van der Waals surface area contributed by atoms with Gasteiger partial charge in [0.25, 0.3) is 0 Å². The van der Waals surface area contributed by atoms with Crippen molar-refractivity contribution in [2.75, 3.05) is 6.54 Å². The van der Waals surface area contributed by atoms with Gasteiger partial charge in [0.15, 0.2) is 0 Å². The van der Waals surface area contributed by atoms with Crippen LogP contribution in [0.15, 0.2) is 0 Å². The van der Waals surface area contributed by atoms with Crippen LogP contribution in [-0.2, 0) is 4.79 Å². The third-order valence-electron chi connectivity index (χ3n) is 1.71. The molecule has 0 aliphatic rings. The van der Waals surface area contributed by atoms with Gasteiger partial charge in [0.05, 0.1) is 12.6 Å². The van der Waals surface area contributed by atoms with Crippen LogP contribution < -0.4 is 11.1 Å². The van der Waals surface area contributed by atoms with Gasteiger partial charge >= 0.3 is 6.18 Å². The predicted octanol–water partition coefficient (Wildman–Crippen LogP) is 1.43. The van der Waals surface area contributed by atoms with Crippen molar-refractivity contribution in [3.8, 4) is 0 Å². The summed E-state index contributed by atoms with van der Waals surface area (Å²) in [5.41, 5.74) is 4.75. The quantitative estimate of drug-likeness (QED) is 0.761. The highest BCUT2D eigenvalue weighted by Crippen LogP contribution is 2.21. The van der Waals surface area contributed by atoms with Gasteiger partial charge in [0, 0.05) is 0 Å². The fourth-order valence-electron chi connectivity index (χ4n) is 1.12. The second-order valence-electron chi connectivity index (χ2n) is 4.72. The Kier molecular flexibility index (Phi) is 4.58. The smallest absolute Gasteiger partial charge is 0.368 e. The van der Waals surface area contributed by atoms with E-state index in [1.54, 1.807) is 0 Å². The normalized spacial score (nSPS) is 15.1. The Hall–Kier alpha value is -0.780. The third kappa shape index (κ3) is 8.23. The highest BCUT2D eigenvalue weighted by atomic mass is 19.4. The summed E-state index contributed by atoms with van der Waals surface area (Å²) in [5, 5.41) is 2.12. The second kappa shape index (κ2) is 4.83. The average Bonchev–Trinajstić information content (AvgIpc) is 1.93. The lowest BCUT2D eigenvalue weighted by Gasteiger charge is -2.25. The number of alkyl halides is 3. The van der Waals surface area contributed by atoms with Gasteiger partial charge in [-0.15, -0.1) is 0 Å². The molecule has 0 aromatic rings. The summed E-state index contributed by atoms with van der Waals surface area (Å²) >= 11 is 0. The first kappa shape index (κ1) is 14.2. The van der Waals surface area contributed by atoms with Crippen molar-refractivity contribution in [1.82, 2.24) is 5.32 Å². The number of nitrogens with one attached hydrogen (secondary N) is 1. The molecule has 0 aromatic heterocycles. The summed E-state index contributed by atoms with van der Waals surface area (Å²) in [6.07, 6.45) is -4.05. The van der Waals surface area contributed by atoms with Crippen LogP contribution in [0, 0.1) is 5.41 Å². The molecule has 0 spiro atoms. The second-order valence-corrected chi connectivity index (χ2v) is 4.72. The molecule has 1 amide bonds. The minimum atomic E-state index is -4.33. The number of nitrogens with two attached hydrogens (primary N) is 1. The molecule has 3 N–H and O–H groups in total. The lowest BCUT2D eigenvalue weighted by molar-refractivity contribution is -0.131. The SMILES string of the molecule is CC(C)(C)CC(NCC(F)(F)F)C(N)=O. The van der Waals surface area contributed by atoms with Crippen LogP contribution in [0.5, 0.6) is 0 Å². The molecule has 0 heterocycles. The summed E-state index contributed by atoms with van der Waals surface area (Å²) in [6, 6.07) is -0.938. The summed E-state index contributed by atoms with van der Waals surface area (Å²) in [4.78, 5) is 10.9. The van der Waals surface area contributed by atoms with Crippen molar-refractivity contribution in [2.24, 2.45) is 11.1 Å². The van der Waals surface area contributed by atoms with Crippen molar-refractivity contribution in [3.05, 3.63) is 0 Å². The molecule has 3 nitrogen and oxygen atoms in total. The summed E-state index contributed by atoms with van der Waals surface area (Å²) in [7, 11) is 0. The van der Waals surface area contributed by atoms with Crippen molar-refractivity contribution in [3.63, 3.8) is 0 Å². The van der Waals surface area contributed by atoms with E-state index in [1.807, 2.05) is 20.8 Å². The van der Waals surface area contributed by atoms with Crippen molar-refractivity contribution < 1.29 is 18.0 Å². The molecule has 0 aliphatic carbocycles. The van der Waals surface area contributed by atoms with Gasteiger partial charge in [-0.25, -0.2) is 0 Å². The molecule has 90 valence electrons. The van der Waals surface area contributed by atoms with Crippen molar-refractivity contribution in [2.45, 2.75) is 39.4 Å². The van der Waals surface area contributed by atoms with Gasteiger partial charge in [-0.3, -0.25) is 10.1 Å². The minimum absolute atomic E-state index is 0.252. The minimum Gasteiger partial charge on any atom is -0.368 e. The first-order chi connectivity index (χ1) is 6.51. The van der Waals surface area contributed by atoms with Crippen LogP contribution in [0.1, 0.15) is 27.2 Å². The van der Waals surface area contributed by atoms with E-state index in [1.165, 1.54) is 0 Å². The summed E-state index contributed by atoms with van der Waals surface area (Å²) in [5.74, 6) is -0.755. The molecule has 0 aromatic carbocycles. The van der Waals surface area contributed by atoms with Gasteiger partial charge in [-0.2, -0.15) is 13.2 Å². The Bertz CT molecular complexity index is 220. The molecule has 0 bridgehead atoms. The fraction of sp³-hybridized carbons (Fsp3) is 0.889. The predicted molar refractivity (Wildman–Crippen MR) is 51.1 cm³/mol. The van der Waals surface area contributed by atoms with Gasteiger partial charge < -0.3 is 5.73 Å².